The average molecular weight is 380 g/mol. The summed E-state index contributed by atoms with van der Waals surface area (Å²) < 4.78 is 0. The van der Waals surface area contributed by atoms with Gasteiger partial charge in [-0.05, 0) is 37.7 Å². The average Bonchev–Trinajstić information content (AvgIpc) is 3.03. The van der Waals surface area contributed by atoms with Crippen LogP contribution in [-0.4, -0.2) is 46.5 Å². The molecule has 2 aliphatic heterocycles. The summed E-state index contributed by atoms with van der Waals surface area (Å²) in [5.41, 5.74) is 2.40. The molecule has 2 atom stereocenters. The van der Waals surface area contributed by atoms with Crippen LogP contribution in [-0.2, 0) is 11.3 Å². The molecule has 0 aliphatic carbocycles. The molecule has 6 heteroatoms. The zero-order valence-electron chi connectivity index (χ0n) is 16.8. The number of amides is 1. The number of likely N-dealkylation sites (tertiary alicyclic amines) is 1. The quantitative estimate of drug-likeness (QED) is 0.864. The molecular weight excluding hydrogens is 350 g/mol. The van der Waals surface area contributed by atoms with Gasteiger partial charge in [-0.3, -0.25) is 4.79 Å². The molecule has 3 heterocycles. The molecule has 1 amide bonds. The summed E-state index contributed by atoms with van der Waals surface area (Å²) in [6.45, 7) is 7.86. The molecule has 2 fully saturated rings. The van der Waals surface area contributed by atoms with Gasteiger partial charge in [-0.2, -0.15) is 0 Å². The number of carbonyl (C=O) groups is 1. The Hall–Kier alpha value is -2.63. The molecular formula is C22H29N5O. The minimum atomic E-state index is -0.214. The van der Waals surface area contributed by atoms with E-state index < -0.39 is 0 Å². The number of hydrogen-bond donors (Lipinski definition) is 1. The molecule has 4 rings (SSSR count). The van der Waals surface area contributed by atoms with Crippen molar-refractivity contribution in [1.29, 1.82) is 0 Å². The first-order valence-corrected chi connectivity index (χ1v) is 10.3. The third-order valence-corrected chi connectivity index (χ3v) is 5.75. The van der Waals surface area contributed by atoms with Crippen LogP contribution < -0.4 is 10.2 Å². The third kappa shape index (κ3) is 4.26. The van der Waals surface area contributed by atoms with E-state index in [2.05, 4.69) is 58.3 Å². The van der Waals surface area contributed by atoms with Crippen LogP contribution in [0.3, 0.4) is 0 Å². The minimum absolute atomic E-state index is 0.146. The van der Waals surface area contributed by atoms with Crippen molar-refractivity contribution in [3.63, 3.8) is 0 Å². The van der Waals surface area contributed by atoms with Gasteiger partial charge in [0, 0.05) is 32.2 Å². The molecule has 1 aromatic heterocycles. The predicted octanol–water partition coefficient (Wildman–Crippen LogP) is 3.23. The van der Waals surface area contributed by atoms with Crippen molar-refractivity contribution in [3.8, 4) is 0 Å². The van der Waals surface area contributed by atoms with E-state index in [1.807, 2.05) is 11.0 Å². The molecule has 0 bridgehead atoms. The second kappa shape index (κ2) is 8.17. The third-order valence-electron chi connectivity index (χ3n) is 5.75. The fourth-order valence-electron chi connectivity index (χ4n) is 4.12. The Balaban J connectivity index is 1.38. The molecule has 0 saturated carbocycles. The van der Waals surface area contributed by atoms with E-state index in [4.69, 9.17) is 0 Å². The van der Waals surface area contributed by atoms with Crippen LogP contribution in [0.15, 0.2) is 36.7 Å². The van der Waals surface area contributed by atoms with Crippen molar-refractivity contribution in [1.82, 2.24) is 14.9 Å². The maximum atomic E-state index is 12.8. The van der Waals surface area contributed by atoms with Crippen molar-refractivity contribution in [2.75, 3.05) is 29.9 Å². The van der Waals surface area contributed by atoms with E-state index in [-0.39, 0.29) is 11.9 Å². The number of rotatable bonds is 5. The Labute approximate surface area is 167 Å². The van der Waals surface area contributed by atoms with Gasteiger partial charge in [-0.1, -0.05) is 36.8 Å². The van der Waals surface area contributed by atoms with Gasteiger partial charge in [0.25, 0.3) is 0 Å². The van der Waals surface area contributed by atoms with Gasteiger partial charge in [-0.15, -0.1) is 0 Å². The highest BCUT2D eigenvalue weighted by molar-refractivity contribution is 5.86. The van der Waals surface area contributed by atoms with E-state index >= 15 is 0 Å². The van der Waals surface area contributed by atoms with E-state index in [0.717, 1.165) is 37.7 Å². The van der Waals surface area contributed by atoms with Crippen LogP contribution in [0, 0.1) is 12.8 Å². The topological polar surface area (TPSA) is 61.4 Å². The van der Waals surface area contributed by atoms with E-state index in [9.17, 15) is 4.79 Å². The summed E-state index contributed by atoms with van der Waals surface area (Å²) in [7, 11) is 0. The van der Waals surface area contributed by atoms with Gasteiger partial charge in [0.1, 0.15) is 24.0 Å². The lowest BCUT2D eigenvalue weighted by Gasteiger charge is -2.31. The van der Waals surface area contributed by atoms with Gasteiger partial charge in [-0.25, -0.2) is 9.97 Å². The first-order chi connectivity index (χ1) is 13.6. The van der Waals surface area contributed by atoms with Gasteiger partial charge >= 0.3 is 0 Å². The van der Waals surface area contributed by atoms with E-state index in [1.54, 1.807) is 6.33 Å². The highest BCUT2D eigenvalue weighted by Gasteiger charge is 2.31. The lowest BCUT2D eigenvalue weighted by molar-refractivity contribution is -0.128. The number of aromatic nitrogens is 2. The van der Waals surface area contributed by atoms with E-state index in [0.29, 0.717) is 12.5 Å². The van der Waals surface area contributed by atoms with Gasteiger partial charge in [0.2, 0.25) is 5.91 Å². The maximum Gasteiger partial charge on any atom is 0.245 e. The molecule has 1 N–H and O–H groups in total. The molecule has 6 nitrogen and oxygen atoms in total. The second-order valence-electron chi connectivity index (χ2n) is 8.19. The molecule has 2 aliphatic rings. The van der Waals surface area contributed by atoms with Gasteiger partial charge in [0.05, 0.1) is 0 Å². The number of nitrogens with zero attached hydrogens (tertiary/aromatic N) is 4. The molecule has 1 aromatic carbocycles. The summed E-state index contributed by atoms with van der Waals surface area (Å²) in [6, 6.07) is 10.1. The Morgan fingerprint density at radius 3 is 2.75 bits per heavy atom. The van der Waals surface area contributed by atoms with Crippen molar-refractivity contribution < 1.29 is 4.79 Å². The summed E-state index contributed by atoms with van der Waals surface area (Å²) in [5, 5.41) is 3.34. The molecule has 2 aromatic rings. The van der Waals surface area contributed by atoms with Crippen molar-refractivity contribution >= 4 is 17.5 Å². The van der Waals surface area contributed by atoms with Crippen LogP contribution in [0.4, 0.5) is 11.6 Å². The molecule has 28 heavy (non-hydrogen) atoms. The zero-order chi connectivity index (χ0) is 19.5. The number of piperidine rings is 1. The Kier molecular flexibility index (Phi) is 5.46. The molecule has 2 unspecified atom stereocenters. The van der Waals surface area contributed by atoms with Gasteiger partial charge in [0.15, 0.2) is 0 Å². The number of nitrogens with one attached hydrogen (secondary N) is 1. The van der Waals surface area contributed by atoms with E-state index in [1.165, 1.54) is 24.0 Å². The summed E-state index contributed by atoms with van der Waals surface area (Å²) in [5.74, 6) is 2.52. The van der Waals surface area contributed by atoms with Crippen molar-refractivity contribution in [2.24, 2.45) is 5.92 Å². The number of aryl methyl sites for hydroxylation is 1. The summed E-state index contributed by atoms with van der Waals surface area (Å²) in [6.07, 6.45) is 4.87. The van der Waals surface area contributed by atoms with Crippen LogP contribution in [0.2, 0.25) is 0 Å². The number of anilines is 2. The smallest absolute Gasteiger partial charge is 0.245 e. The maximum absolute atomic E-state index is 12.8. The predicted molar refractivity (Wildman–Crippen MR) is 111 cm³/mol. The lowest BCUT2D eigenvalue weighted by atomic mass is 10.0. The Morgan fingerprint density at radius 2 is 1.96 bits per heavy atom. The van der Waals surface area contributed by atoms with Crippen molar-refractivity contribution in [3.05, 3.63) is 47.8 Å². The highest BCUT2D eigenvalue weighted by Crippen LogP contribution is 2.24. The van der Waals surface area contributed by atoms with Crippen molar-refractivity contribution in [2.45, 2.75) is 45.7 Å². The SMILES string of the molecule is Cc1ccc(CN2CCC(Nc3cc(N4CCCC(C)C4)ncn3)C2=O)cc1. The largest absolute Gasteiger partial charge is 0.358 e. The molecule has 2 saturated heterocycles. The molecule has 148 valence electrons. The Morgan fingerprint density at radius 1 is 1.14 bits per heavy atom. The minimum Gasteiger partial charge on any atom is -0.358 e. The monoisotopic (exact) mass is 379 g/mol. The van der Waals surface area contributed by atoms with Gasteiger partial charge < -0.3 is 15.1 Å². The Bertz CT molecular complexity index is 822. The lowest BCUT2D eigenvalue weighted by Crippen LogP contribution is -2.35. The zero-order valence-corrected chi connectivity index (χ0v) is 16.8. The summed E-state index contributed by atoms with van der Waals surface area (Å²) in [4.78, 5) is 25.9. The number of hydrogen-bond acceptors (Lipinski definition) is 5. The second-order valence-corrected chi connectivity index (χ2v) is 8.19. The van der Waals surface area contributed by atoms with Crippen LogP contribution >= 0.6 is 0 Å². The first kappa shape index (κ1) is 18.7. The first-order valence-electron chi connectivity index (χ1n) is 10.3. The number of carbonyl (C=O) groups excluding carboxylic acids is 1. The molecule has 0 radical (unpaired) electrons. The van der Waals surface area contributed by atoms with Crippen LogP contribution in [0.25, 0.3) is 0 Å². The standard InChI is InChI=1S/C22H29N5O/c1-16-5-7-18(8-6-16)14-27-11-9-19(22(27)28)25-20-12-21(24-15-23-20)26-10-3-4-17(2)13-26/h5-8,12,15,17,19H,3-4,9-11,13-14H2,1-2H3,(H,23,24,25). The highest BCUT2D eigenvalue weighted by atomic mass is 16.2. The van der Waals surface area contributed by atoms with Crippen LogP contribution in [0.5, 0.6) is 0 Å². The number of benzene rings is 1. The fourth-order valence-corrected chi connectivity index (χ4v) is 4.12. The molecule has 0 spiro atoms. The fraction of sp³-hybridized carbons (Fsp3) is 0.500. The summed E-state index contributed by atoms with van der Waals surface area (Å²) >= 11 is 0. The van der Waals surface area contributed by atoms with Crippen LogP contribution in [0.1, 0.15) is 37.3 Å². The normalized spacial score (nSPS) is 22.6.